The van der Waals surface area contributed by atoms with Crippen LogP contribution >= 0.6 is 11.3 Å². The zero-order chi connectivity index (χ0) is 13.1. The maximum absolute atomic E-state index is 6.07. The molecule has 1 aromatic carbocycles. The van der Waals surface area contributed by atoms with Gasteiger partial charge in [-0.1, -0.05) is 37.3 Å². The summed E-state index contributed by atoms with van der Waals surface area (Å²) in [6.07, 6.45) is 0. The SMILES string of the molecule is COc1cccc(-c2nnc(C(N)C(C)C)s2)c1. The van der Waals surface area contributed by atoms with Crippen LogP contribution in [0, 0.1) is 5.92 Å². The van der Waals surface area contributed by atoms with Crippen LogP contribution < -0.4 is 10.5 Å². The second-order valence-electron chi connectivity index (χ2n) is 4.45. The Labute approximate surface area is 111 Å². The number of hydrogen-bond donors (Lipinski definition) is 1. The Morgan fingerprint density at radius 2 is 2.06 bits per heavy atom. The molecule has 0 amide bonds. The Balaban J connectivity index is 2.29. The summed E-state index contributed by atoms with van der Waals surface area (Å²) in [6, 6.07) is 7.74. The van der Waals surface area contributed by atoms with Crippen LogP contribution in [0.5, 0.6) is 5.75 Å². The van der Waals surface area contributed by atoms with Crippen LogP contribution in [-0.2, 0) is 0 Å². The van der Waals surface area contributed by atoms with Gasteiger partial charge in [0, 0.05) is 5.56 Å². The maximum atomic E-state index is 6.07. The van der Waals surface area contributed by atoms with Gasteiger partial charge in [0.15, 0.2) is 0 Å². The van der Waals surface area contributed by atoms with Crippen LogP contribution in [-0.4, -0.2) is 17.3 Å². The predicted octanol–water partition coefficient (Wildman–Crippen LogP) is 2.87. The molecular weight excluding hydrogens is 246 g/mol. The summed E-state index contributed by atoms with van der Waals surface area (Å²) in [5, 5.41) is 10.1. The lowest BCUT2D eigenvalue weighted by Gasteiger charge is -2.10. The van der Waals surface area contributed by atoms with Crippen molar-refractivity contribution in [3.8, 4) is 16.3 Å². The number of methoxy groups -OCH3 is 1. The fourth-order valence-electron chi connectivity index (χ4n) is 1.53. The highest BCUT2D eigenvalue weighted by Gasteiger charge is 2.16. The van der Waals surface area contributed by atoms with E-state index in [0.29, 0.717) is 5.92 Å². The summed E-state index contributed by atoms with van der Waals surface area (Å²) < 4.78 is 5.20. The molecule has 0 saturated heterocycles. The van der Waals surface area contributed by atoms with Crippen molar-refractivity contribution in [1.29, 1.82) is 0 Å². The average Bonchev–Trinajstić information content (AvgIpc) is 2.87. The fourth-order valence-corrected chi connectivity index (χ4v) is 2.54. The zero-order valence-electron chi connectivity index (χ0n) is 10.8. The molecule has 0 bridgehead atoms. The Kier molecular flexibility index (Phi) is 3.93. The van der Waals surface area contributed by atoms with Crippen LogP contribution in [0.1, 0.15) is 24.9 Å². The molecule has 1 heterocycles. The highest BCUT2D eigenvalue weighted by Crippen LogP contribution is 2.30. The van der Waals surface area contributed by atoms with Gasteiger partial charge >= 0.3 is 0 Å². The van der Waals surface area contributed by atoms with Crippen molar-refractivity contribution < 1.29 is 4.74 Å². The van der Waals surface area contributed by atoms with E-state index < -0.39 is 0 Å². The van der Waals surface area contributed by atoms with E-state index >= 15 is 0 Å². The van der Waals surface area contributed by atoms with E-state index in [1.54, 1.807) is 7.11 Å². The minimum atomic E-state index is -0.0538. The fraction of sp³-hybridized carbons (Fsp3) is 0.385. The van der Waals surface area contributed by atoms with Gasteiger partial charge in [-0.3, -0.25) is 0 Å². The molecule has 2 rings (SSSR count). The molecule has 0 fully saturated rings. The highest BCUT2D eigenvalue weighted by atomic mass is 32.1. The summed E-state index contributed by atoms with van der Waals surface area (Å²) in [5.41, 5.74) is 7.08. The molecule has 2 aromatic rings. The first kappa shape index (κ1) is 13.0. The van der Waals surface area contributed by atoms with Crippen LogP contribution in [0.2, 0.25) is 0 Å². The molecule has 4 nitrogen and oxygen atoms in total. The summed E-state index contributed by atoms with van der Waals surface area (Å²) in [7, 11) is 1.65. The third kappa shape index (κ3) is 2.68. The maximum Gasteiger partial charge on any atom is 0.147 e. The lowest BCUT2D eigenvalue weighted by molar-refractivity contribution is 0.415. The standard InChI is InChI=1S/C13H17N3OS/c1-8(2)11(14)13-16-15-12(18-13)9-5-4-6-10(7-9)17-3/h4-8,11H,14H2,1-3H3. The normalized spacial score (nSPS) is 12.7. The van der Waals surface area contributed by atoms with Crippen LogP contribution in [0.4, 0.5) is 0 Å². The molecule has 1 atom stereocenters. The molecule has 1 aromatic heterocycles. The number of benzene rings is 1. The Morgan fingerprint density at radius 3 is 2.72 bits per heavy atom. The molecule has 0 spiro atoms. The topological polar surface area (TPSA) is 61.0 Å². The lowest BCUT2D eigenvalue weighted by atomic mass is 10.1. The van der Waals surface area contributed by atoms with E-state index in [1.807, 2.05) is 24.3 Å². The summed E-state index contributed by atoms with van der Waals surface area (Å²) in [5.74, 6) is 1.17. The number of hydrogen-bond acceptors (Lipinski definition) is 5. The van der Waals surface area contributed by atoms with Crippen molar-refractivity contribution in [2.75, 3.05) is 7.11 Å². The number of rotatable bonds is 4. The molecule has 0 aliphatic carbocycles. The van der Waals surface area contributed by atoms with Crippen molar-refractivity contribution in [3.63, 3.8) is 0 Å². The minimum Gasteiger partial charge on any atom is -0.497 e. The summed E-state index contributed by atoms with van der Waals surface area (Å²) in [6.45, 7) is 4.16. The molecule has 0 saturated carbocycles. The Bertz CT molecular complexity index is 524. The molecule has 5 heteroatoms. The minimum absolute atomic E-state index is 0.0538. The van der Waals surface area contributed by atoms with Crippen LogP contribution in [0.25, 0.3) is 10.6 Å². The average molecular weight is 263 g/mol. The number of nitrogens with two attached hydrogens (primary N) is 1. The van der Waals surface area contributed by atoms with Gasteiger partial charge in [-0.25, -0.2) is 0 Å². The highest BCUT2D eigenvalue weighted by molar-refractivity contribution is 7.14. The molecule has 96 valence electrons. The van der Waals surface area contributed by atoms with Crippen molar-refractivity contribution in [2.24, 2.45) is 11.7 Å². The first-order valence-electron chi connectivity index (χ1n) is 5.85. The van der Waals surface area contributed by atoms with Gasteiger partial charge in [0.25, 0.3) is 0 Å². The first-order chi connectivity index (χ1) is 8.61. The molecule has 0 aliphatic heterocycles. The van der Waals surface area contributed by atoms with Gasteiger partial charge in [0.1, 0.15) is 15.8 Å². The Morgan fingerprint density at radius 1 is 1.28 bits per heavy atom. The van der Waals surface area contributed by atoms with Gasteiger partial charge in [-0.15, -0.1) is 10.2 Å². The van der Waals surface area contributed by atoms with Crippen molar-refractivity contribution in [3.05, 3.63) is 29.3 Å². The van der Waals surface area contributed by atoms with Gasteiger partial charge in [-0.2, -0.15) is 0 Å². The van der Waals surface area contributed by atoms with Gasteiger partial charge < -0.3 is 10.5 Å². The van der Waals surface area contributed by atoms with Crippen LogP contribution in [0.3, 0.4) is 0 Å². The lowest BCUT2D eigenvalue weighted by Crippen LogP contribution is -2.16. The van der Waals surface area contributed by atoms with Crippen molar-refractivity contribution in [1.82, 2.24) is 10.2 Å². The van der Waals surface area contributed by atoms with E-state index in [2.05, 4.69) is 24.0 Å². The van der Waals surface area contributed by atoms with E-state index in [9.17, 15) is 0 Å². The molecular formula is C13H17N3OS. The summed E-state index contributed by atoms with van der Waals surface area (Å²) >= 11 is 1.54. The van der Waals surface area contributed by atoms with Crippen LogP contribution in [0.15, 0.2) is 24.3 Å². The molecule has 2 N–H and O–H groups in total. The second-order valence-corrected chi connectivity index (χ2v) is 5.46. The molecule has 1 unspecified atom stereocenters. The quantitative estimate of drug-likeness (QED) is 0.921. The van der Waals surface area contributed by atoms with E-state index in [-0.39, 0.29) is 6.04 Å². The smallest absolute Gasteiger partial charge is 0.147 e. The summed E-state index contributed by atoms with van der Waals surface area (Å²) in [4.78, 5) is 0. The Hall–Kier alpha value is -1.46. The van der Waals surface area contributed by atoms with Crippen molar-refractivity contribution in [2.45, 2.75) is 19.9 Å². The molecule has 0 radical (unpaired) electrons. The second kappa shape index (κ2) is 5.46. The van der Waals surface area contributed by atoms with E-state index in [1.165, 1.54) is 11.3 Å². The van der Waals surface area contributed by atoms with Gasteiger partial charge in [-0.05, 0) is 18.1 Å². The third-order valence-corrected chi connectivity index (χ3v) is 3.83. The van der Waals surface area contributed by atoms with Gasteiger partial charge in [0.2, 0.25) is 0 Å². The zero-order valence-corrected chi connectivity index (χ0v) is 11.6. The molecule has 0 aliphatic rings. The number of ether oxygens (including phenoxy) is 1. The predicted molar refractivity (Wildman–Crippen MR) is 73.7 cm³/mol. The van der Waals surface area contributed by atoms with Gasteiger partial charge in [0.05, 0.1) is 13.2 Å². The number of nitrogens with zero attached hydrogens (tertiary/aromatic N) is 2. The van der Waals surface area contributed by atoms with E-state index in [0.717, 1.165) is 21.3 Å². The molecule has 18 heavy (non-hydrogen) atoms. The third-order valence-electron chi connectivity index (χ3n) is 2.76. The largest absolute Gasteiger partial charge is 0.497 e. The van der Waals surface area contributed by atoms with E-state index in [4.69, 9.17) is 10.5 Å². The monoisotopic (exact) mass is 263 g/mol. The first-order valence-corrected chi connectivity index (χ1v) is 6.67. The van der Waals surface area contributed by atoms with Crippen molar-refractivity contribution >= 4 is 11.3 Å². The number of aromatic nitrogens is 2.